The number of carbonyl (C=O) groups is 1. The van der Waals surface area contributed by atoms with Crippen LogP contribution in [0.15, 0.2) is 57.4 Å². The van der Waals surface area contributed by atoms with Crippen LogP contribution < -0.4 is 21.3 Å². The number of aromatic nitrogens is 2. The van der Waals surface area contributed by atoms with E-state index in [0.29, 0.717) is 37.4 Å². The standard InChI is InChI=1S/C22H17Cl2N3O4S/c1-12-9-16(18(31-2)10-15(12)24)25-19(28)11-26-17-7-8-32-20(17)21(29)27(22(26)30)14-5-3-13(23)4-6-14/h3-10H,11H2,1-2H3,(H,25,28). The van der Waals surface area contributed by atoms with Gasteiger partial charge >= 0.3 is 5.69 Å². The molecule has 2 aromatic heterocycles. The zero-order valence-corrected chi connectivity index (χ0v) is 19.3. The molecular weight excluding hydrogens is 473 g/mol. The summed E-state index contributed by atoms with van der Waals surface area (Å²) < 4.78 is 7.97. The van der Waals surface area contributed by atoms with E-state index in [0.717, 1.165) is 10.1 Å². The second kappa shape index (κ2) is 8.82. The van der Waals surface area contributed by atoms with Gasteiger partial charge in [-0.2, -0.15) is 0 Å². The minimum Gasteiger partial charge on any atom is -0.495 e. The molecule has 0 fully saturated rings. The van der Waals surface area contributed by atoms with E-state index in [1.54, 1.807) is 54.8 Å². The van der Waals surface area contributed by atoms with Crippen molar-refractivity contribution in [3.05, 3.63) is 84.3 Å². The molecule has 0 unspecified atom stereocenters. The Morgan fingerprint density at radius 3 is 2.53 bits per heavy atom. The van der Waals surface area contributed by atoms with Gasteiger partial charge in [0.15, 0.2) is 0 Å². The fraction of sp³-hybridized carbons (Fsp3) is 0.136. The van der Waals surface area contributed by atoms with Crippen LogP contribution in [0.1, 0.15) is 5.56 Å². The molecule has 2 heterocycles. The van der Waals surface area contributed by atoms with Crippen molar-refractivity contribution in [3.63, 3.8) is 0 Å². The number of nitrogens with one attached hydrogen (secondary N) is 1. The third-order valence-electron chi connectivity index (χ3n) is 4.90. The summed E-state index contributed by atoms with van der Waals surface area (Å²) in [6, 6.07) is 11.3. The van der Waals surface area contributed by atoms with Crippen molar-refractivity contribution in [2.75, 3.05) is 12.4 Å². The molecule has 10 heteroatoms. The normalized spacial score (nSPS) is 11.0. The Labute approximate surface area is 196 Å². The molecular formula is C22H17Cl2N3O4S. The van der Waals surface area contributed by atoms with E-state index in [1.807, 2.05) is 0 Å². The lowest BCUT2D eigenvalue weighted by molar-refractivity contribution is -0.116. The Morgan fingerprint density at radius 2 is 1.84 bits per heavy atom. The zero-order valence-electron chi connectivity index (χ0n) is 17.0. The van der Waals surface area contributed by atoms with Gasteiger partial charge in [-0.25, -0.2) is 9.36 Å². The number of thiophene rings is 1. The monoisotopic (exact) mass is 489 g/mol. The molecule has 7 nitrogen and oxygen atoms in total. The van der Waals surface area contributed by atoms with Gasteiger partial charge in [-0.3, -0.25) is 14.2 Å². The molecule has 4 aromatic rings. The van der Waals surface area contributed by atoms with Gasteiger partial charge in [-0.15, -0.1) is 11.3 Å². The summed E-state index contributed by atoms with van der Waals surface area (Å²) in [5.41, 5.74) is 0.872. The van der Waals surface area contributed by atoms with Gasteiger partial charge < -0.3 is 10.1 Å². The second-order valence-corrected chi connectivity index (χ2v) is 8.73. The summed E-state index contributed by atoms with van der Waals surface area (Å²) in [6.07, 6.45) is 0. The van der Waals surface area contributed by atoms with E-state index in [2.05, 4.69) is 5.32 Å². The largest absolute Gasteiger partial charge is 0.495 e. The van der Waals surface area contributed by atoms with Crippen LogP contribution in [0, 0.1) is 6.92 Å². The number of halogens is 2. The summed E-state index contributed by atoms with van der Waals surface area (Å²) in [7, 11) is 1.47. The van der Waals surface area contributed by atoms with Crippen LogP contribution >= 0.6 is 34.5 Å². The summed E-state index contributed by atoms with van der Waals surface area (Å²) in [4.78, 5) is 39.1. The Kier molecular flexibility index (Phi) is 6.10. The number of nitrogens with zero attached hydrogens (tertiary/aromatic N) is 2. The highest BCUT2D eigenvalue weighted by Gasteiger charge is 2.18. The van der Waals surface area contributed by atoms with Crippen molar-refractivity contribution >= 4 is 56.3 Å². The predicted octanol–water partition coefficient (Wildman–Crippen LogP) is 4.48. The average Bonchev–Trinajstić information content (AvgIpc) is 3.25. The molecule has 0 spiro atoms. The Balaban J connectivity index is 1.77. The van der Waals surface area contributed by atoms with Gasteiger partial charge in [-0.05, 0) is 54.3 Å². The average molecular weight is 490 g/mol. The third-order valence-corrected chi connectivity index (χ3v) is 6.45. The first-order chi connectivity index (χ1) is 15.3. The lowest BCUT2D eigenvalue weighted by atomic mass is 10.2. The molecule has 32 heavy (non-hydrogen) atoms. The molecule has 0 saturated heterocycles. The van der Waals surface area contributed by atoms with Crippen LogP contribution in [0.2, 0.25) is 10.0 Å². The zero-order chi connectivity index (χ0) is 23.0. The number of methoxy groups -OCH3 is 1. The van der Waals surface area contributed by atoms with Crippen molar-refractivity contribution in [3.8, 4) is 11.4 Å². The maximum absolute atomic E-state index is 13.3. The number of rotatable bonds is 5. The van der Waals surface area contributed by atoms with E-state index in [-0.39, 0.29) is 6.54 Å². The second-order valence-electron chi connectivity index (χ2n) is 6.97. The number of hydrogen-bond acceptors (Lipinski definition) is 5. The van der Waals surface area contributed by atoms with E-state index >= 15 is 0 Å². The van der Waals surface area contributed by atoms with E-state index in [4.69, 9.17) is 27.9 Å². The first kappa shape index (κ1) is 22.1. The fourth-order valence-electron chi connectivity index (χ4n) is 3.32. The van der Waals surface area contributed by atoms with E-state index in [9.17, 15) is 14.4 Å². The van der Waals surface area contributed by atoms with Crippen molar-refractivity contribution in [1.82, 2.24) is 9.13 Å². The van der Waals surface area contributed by atoms with Crippen molar-refractivity contribution < 1.29 is 9.53 Å². The summed E-state index contributed by atoms with van der Waals surface area (Å²) in [5, 5.41) is 5.45. The smallest absolute Gasteiger partial charge is 0.336 e. The summed E-state index contributed by atoms with van der Waals surface area (Å²) >= 11 is 13.3. The highest BCUT2D eigenvalue weighted by molar-refractivity contribution is 7.17. The summed E-state index contributed by atoms with van der Waals surface area (Å²) in [5.74, 6) is -0.0611. The van der Waals surface area contributed by atoms with Crippen LogP contribution in [0.25, 0.3) is 15.9 Å². The summed E-state index contributed by atoms with van der Waals surface area (Å²) in [6.45, 7) is 1.50. The maximum atomic E-state index is 13.3. The van der Waals surface area contributed by atoms with Gasteiger partial charge in [0, 0.05) is 16.1 Å². The number of aryl methyl sites for hydroxylation is 1. The van der Waals surface area contributed by atoms with Crippen LogP contribution in [0.5, 0.6) is 5.75 Å². The van der Waals surface area contributed by atoms with Crippen LogP contribution in [0.4, 0.5) is 5.69 Å². The van der Waals surface area contributed by atoms with Crippen molar-refractivity contribution in [1.29, 1.82) is 0 Å². The van der Waals surface area contributed by atoms with Gasteiger partial charge in [0.05, 0.1) is 24.0 Å². The Hall–Kier alpha value is -3.07. The molecule has 0 aliphatic rings. The van der Waals surface area contributed by atoms with Gasteiger partial charge in [0.2, 0.25) is 5.91 Å². The highest BCUT2D eigenvalue weighted by Crippen LogP contribution is 2.31. The molecule has 0 aliphatic carbocycles. The van der Waals surface area contributed by atoms with Crippen LogP contribution in [0.3, 0.4) is 0 Å². The third kappa shape index (κ3) is 4.04. The molecule has 0 bridgehead atoms. The fourth-order valence-corrected chi connectivity index (χ4v) is 4.42. The van der Waals surface area contributed by atoms with Gasteiger partial charge in [0.25, 0.3) is 5.56 Å². The SMILES string of the molecule is COc1cc(Cl)c(C)cc1NC(=O)Cn1c(=O)n(-c2ccc(Cl)cc2)c(=O)c2sccc21. The number of ether oxygens (including phenoxy) is 1. The minimum absolute atomic E-state index is 0.301. The maximum Gasteiger partial charge on any atom is 0.336 e. The minimum atomic E-state index is -0.627. The topological polar surface area (TPSA) is 82.3 Å². The first-order valence-corrected chi connectivity index (χ1v) is 11.1. The molecule has 164 valence electrons. The number of fused-ring (bicyclic) bond motifs is 1. The van der Waals surface area contributed by atoms with E-state index in [1.165, 1.54) is 23.0 Å². The Morgan fingerprint density at radius 1 is 1.12 bits per heavy atom. The molecule has 0 radical (unpaired) electrons. The highest BCUT2D eigenvalue weighted by atomic mass is 35.5. The van der Waals surface area contributed by atoms with Crippen LogP contribution in [-0.2, 0) is 11.3 Å². The predicted molar refractivity (Wildman–Crippen MR) is 128 cm³/mol. The Bertz CT molecular complexity index is 1460. The number of benzene rings is 2. The molecule has 0 aliphatic heterocycles. The lowest BCUT2D eigenvalue weighted by Gasteiger charge is -2.14. The lowest BCUT2D eigenvalue weighted by Crippen LogP contribution is -2.40. The number of carbonyl (C=O) groups excluding carboxylic acids is 1. The number of amides is 1. The number of hydrogen-bond donors (Lipinski definition) is 1. The van der Waals surface area contributed by atoms with Crippen molar-refractivity contribution in [2.24, 2.45) is 0 Å². The van der Waals surface area contributed by atoms with Gasteiger partial charge in [0.1, 0.15) is 17.0 Å². The molecule has 1 N–H and O–H groups in total. The van der Waals surface area contributed by atoms with E-state index < -0.39 is 17.2 Å². The quantitative estimate of drug-likeness (QED) is 0.448. The molecule has 0 saturated carbocycles. The van der Waals surface area contributed by atoms with Gasteiger partial charge in [-0.1, -0.05) is 23.2 Å². The van der Waals surface area contributed by atoms with Crippen LogP contribution in [-0.4, -0.2) is 22.2 Å². The van der Waals surface area contributed by atoms with Crippen molar-refractivity contribution in [2.45, 2.75) is 13.5 Å². The molecule has 2 aromatic carbocycles. The number of anilines is 1. The first-order valence-electron chi connectivity index (χ1n) is 9.43. The molecule has 0 atom stereocenters. The molecule has 4 rings (SSSR count). The molecule has 1 amide bonds.